The van der Waals surface area contributed by atoms with Gasteiger partial charge in [-0.3, -0.25) is 19.2 Å². The largest absolute Gasteiger partial charge is 0.490 e. The molecule has 15 heteroatoms. The van der Waals surface area contributed by atoms with Crippen molar-refractivity contribution < 1.29 is 53.6 Å². The van der Waals surface area contributed by atoms with Crippen LogP contribution in [-0.4, -0.2) is 91.7 Å². The number of carboxylic acids is 3. The number of ether oxygens (including phenoxy) is 2. The smallest absolute Gasteiger partial charge is 0.337 e. The molecular weight excluding hydrogens is 700 g/mol. The van der Waals surface area contributed by atoms with Gasteiger partial charge in [0.25, 0.3) is 0 Å². The highest BCUT2D eigenvalue weighted by atomic mass is 16.5. The molecule has 6 rings (SSSR count). The summed E-state index contributed by atoms with van der Waals surface area (Å²) in [6, 6.07) is 23.2. The summed E-state index contributed by atoms with van der Waals surface area (Å²) < 4.78 is 11.0. The number of carboxylic acid groups (broad SMARTS) is 3. The second-order valence-corrected chi connectivity index (χ2v) is 11.8. The number of likely N-dealkylation sites (N-methyl/N-ethyl adjacent to an activating group) is 2. The summed E-state index contributed by atoms with van der Waals surface area (Å²) in [6.45, 7) is 3.05. The summed E-state index contributed by atoms with van der Waals surface area (Å²) >= 11 is 0. The number of hydrogen-bond donors (Lipinski definition) is 5. The van der Waals surface area contributed by atoms with E-state index in [4.69, 9.17) is 24.8 Å². The van der Waals surface area contributed by atoms with Gasteiger partial charge in [-0.15, -0.1) is 0 Å². The summed E-state index contributed by atoms with van der Waals surface area (Å²) in [4.78, 5) is 70.1. The minimum Gasteiger partial charge on any atom is -0.490 e. The lowest BCUT2D eigenvalue weighted by Gasteiger charge is -2.27. The van der Waals surface area contributed by atoms with Crippen molar-refractivity contribution in [1.82, 2.24) is 0 Å². The Kier molecular flexibility index (Phi) is 13.9. The van der Waals surface area contributed by atoms with E-state index in [9.17, 15) is 28.8 Å². The zero-order chi connectivity index (χ0) is 39.2. The van der Waals surface area contributed by atoms with E-state index >= 15 is 0 Å². The fraction of sp³-hybridized carbons (Fsp3) is 0.179. The van der Waals surface area contributed by atoms with Crippen molar-refractivity contribution in [3.05, 3.63) is 113 Å². The van der Waals surface area contributed by atoms with Crippen LogP contribution in [-0.2, 0) is 14.4 Å². The lowest BCUT2D eigenvalue weighted by atomic mass is 10.1. The number of nitrogens with one attached hydrogen (secondary N) is 2. The van der Waals surface area contributed by atoms with Gasteiger partial charge in [0.15, 0.2) is 0 Å². The molecule has 280 valence electrons. The van der Waals surface area contributed by atoms with Gasteiger partial charge in [-0.25, -0.2) is 9.59 Å². The van der Waals surface area contributed by atoms with Gasteiger partial charge in [-0.2, -0.15) is 0 Å². The number of rotatable bonds is 9. The van der Waals surface area contributed by atoms with E-state index in [1.54, 1.807) is 36.4 Å². The molecule has 0 unspecified atom stereocenters. The summed E-state index contributed by atoms with van der Waals surface area (Å²) in [5.74, 6) is -3.02. The standard InChI is InChI=1S/C19H18N2O4.C10H9NO5.C10H11NO2/c1-21-10-11-25-17-8-6-13(12-16(17)21)7-9-18(22)20-15-5-3-2-4-14(15)19(23)24;12-8(5-9(13)14)11-7-4-2-1-3-6(7)10(15)16;1-11-4-5-13-10-3-2-8(7-12)6-9(10)11/h2-9,12H,10-11H2,1H3,(H,20,22)(H,23,24);1-4H,5H2,(H,11,12)(H,13,14)(H,15,16);2-3,6-7H,4-5H2,1H3/b9-7+;;. The first-order valence-electron chi connectivity index (χ1n) is 16.4. The van der Waals surface area contributed by atoms with Crippen molar-refractivity contribution >= 4 is 64.8 Å². The highest BCUT2D eigenvalue weighted by Crippen LogP contribution is 2.32. The van der Waals surface area contributed by atoms with Crippen molar-refractivity contribution in [2.45, 2.75) is 6.42 Å². The van der Waals surface area contributed by atoms with Crippen molar-refractivity contribution in [1.29, 1.82) is 0 Å². The number of anilines is 4. The molecule has 0 bridgehead atoms. The molecule has 0 radical (unpaired) electrons. The number of fused-ring (bicyclic) bond motifs is 2. The topological polar surface area (TPSA) is 212 Å². The van der Waals surface area contributed by atoms with E-state index in [-0.39, 0.29) is 22.5 Å². The summed E-state index contributed by atoms with van der Waals surface area (Å²) in [5, 5.41) is 31.1. The van der Waals surface area contributed by atoms with Gasteiger partial charge >= 0.3 is 17.9 Å². The van der Waals surface area contributed by atoms with Gasteiger partial charge in [0.2, 0.25) is 11.8 Å². The molecule has 2 heterocycles. The number of aldehydes is 1. The third-order valence-electron chi connectivity index (χ3n) is 7.88. The molecule has 0 atom stereocenters. The normalized spacial score (nSPS) is 12.5. The maximum absolute atomic E-state index is 12.1. The van der Waals surface area contributed by atoms with Crippen LogP contribution in [0, 0.1) is 0 Å². The molecule has 0 spiro atoms. The van der Waals surface area contributed by atoms with Crippen LogP contribution in [0.1, 0.15) is 43.1 Å². The number of para-hydroxylation sites is 2. The Morgan fingerprint density at radius 3 is 1.67 bits per heavy atom. The lowest BCUT2D eigenvalue weighted by molar-refractivity contribution is -0.139. The predicted octanol–water partition coefficient (Wildman–Crippen LogP) is 4.99. The number of aromatic carboxylic acids is 2. The molecule has 0 aliphatic carbocycles. The van der Waals surface area contributed by atoms with Gasteiger partial charge in [0, 0.05) is 25.7 Å². The molecule has 0 saturated carbocycles. The highest BCUT2D eigenvalue weighted by Gasteiger charge is 2.17. The number of hydrogen-bond acceptors (Lipinski definition) is 10. The van der Waals surface area contributed by atoms with Crippen LogP contribution in [0.4, 0.5) is 22.7 Å². The van der Waals surface area contributed by atoms with Crippen LogP contribution in [0.3, 0.4) is 0 Å². The first-order valence-corrected chi connectivity index (χ1v) is 16.4. The summed E-state index contributed by atoms with van der Waals surface area (Å²) in [6.07, 6.45) is 3.21. The minimum atomic E-state index is -1.27. The lowest BCUT2D eigenvalue weighted by Crippen LogP contribution is -2.28. The minimum absolute atomic E-state index is 0.0526. The number of aliphatic carboxylic acids is 1. The van der Waals surface area contributed by atoms with E-state index in [0.29, 0.717) is 18.8 Å². The number of amides is 2. The van der Waals surface area contributed by atoms with Crippen LogP contribution in [0.15, 0.2) is 91.0 Å². The van der Waals surface area contributed by atoms with E-state index < -0.39 is 36.1 Å². The molecule has 0 fully saturated rings. The quantitative estimate of drug-likeness (QED) is 0.0871. The molecule has 2 aliphatic heterocycles. The third kappa shape index (κ3) is 11.2. The van der Waals surface area contributed by atoms with Crippen LogP contribution >= 0.6 is 0 Å². The highest BCUT2D eigenvalue weighted by molar-refractivity contribution is 6.06. The van der Waals surface area contributed by atoms with E-state index in [2.05, 4.69) is 20.4 Å². The number of benzene rings is 4. The Balaban J connectivity index is 0.000000193. The van der Waals surface area contributed by atoms with Crippen molar-refractivity contribution in [3.63, 3.8) is 0 Å². The van der Waals surface area contributed by atoms with E-state index in [1.807, 2.05) is 44.4 Å². The first-order chi connectivity index (χ1) is 25.9. The van der Waals surface area contributed by atoms with E-state index in [0.717, 1.165) is 47.8 Å². The van der Waals surface area contributed by atoms with Crippen LogP contribution < -0.4 is 29.9 Å². The van der Waals surface area contributed by atoms with Crippen molar-refractivity contribution in [2.75, 3.05) is 60.8 Å². The average Bonchev–Trinajstić information content (AvgIpc) is 3.15. The Bertz CT molecular complexity index is 2060. The first kappa shape index (κ1) is 39.6. The van der Waals surface area contributed by atoms with Gasteiger partial charge in [0.05, 0.1) is 47.0 Å². The predicted molar refractivity (Wildman–Crippen MR) is 201 cm³/mol. The zero-order valence-electron chi connectivity index (χ0n) is 29.4. The average molecular weight is 739 g/mol. The van der Waals surface area contributed by atoms with E-state index in [1.165, 1.54) is 30.3 Å². The van der Waals surface area contributed by atoms with Gasteiger partial charge in [-0.05, 0) is 66.2 Å². The number of nitrogens with zero attached hydrogens (tertiary/aromatic N) is 2. The third-order valence-corrected chi connectivity index (χ3v) is 7.88. The Morgan fingerprint density at radius 2 is 1.17 bits per heavy atom. The second kappa shape index (κ2) is 18.9. The molecule has 2 aliphatic rings. The van der Waals surface area contributed by atoms with Gasteiger partial charge in [-0.1, -0.05) is 30.3 Å². The summed E-state index contributed by atoms with van der Waals surface area (Å²) in [5.41, 5.74) is 3.84. The van der Waals surface area contributed by atoms with Crippen LogP contribution in [0.5, 0.6) is 11.5 Å². The fourth-order valence-corrected chi connectivity index (χ4v) is 5.15. The number of carbonyl (C=O) groups is 6. The molecule has 4 aromatic carbocycles. The molecule has 0 aromatic heterocycles. The molecule has 0 saturated heterocycles. The zero-order valence-corrected chi connectivity index (χ0v) is 29.4. The van der Waals surface area contributed by atoms with Gasteiger partial charge in [0.1, 0.15) is 37.4 Å². The summed E-state index contributed by atoms with van der Waals surface area (Å²) in [7, 11) is 3.99. The fourth-order valence-electron chi connectivity index (χ4n) is 5.15. The molecule has 15 nitrogen and oxygen atoms in total. The van der Waals surface area contributed by atoms with Crippen LogP contribution in [0.2, 0.25) is 0 Å². The van der Waals surface area contributed by atoms with Crippen molar-refractivity contribution in [3.8, 4) is 11.5 Å². The molecular formula is C39H38N4O11. The maximum atomic E-state index is 12.1. The van der Waals surface area contributed by atoms with Crippen LogP contribution in [0.25, 0.3) is 6.08 Å². The Labute approximate surface area is 310 Å². The molecule has 4 aromatic rings. The van der Waals surface area contributed by atoms with Gasteiger partial charge < -0.3 is 45.2 Å². The SMILES string of the molecule is CN1CCOc2ccc(/C=C/C(=O)Nc3ccccc3C(=O)O)cc21.CN1CCOc2ccc(C=O)cc21.O=C(O)CC(=O)Nc1ccccc1C(=O)O. The molecule has 5 N–H and O–H groups in total. The van der Waals surface area contributed by atoms with Crippen molar-refractivity contribution in [2.24, 2.45) is 0 Å². The Hall–Kier alpha value is -7.16. The Morgan fingerprint density at radius 1 is 0.685 bits per heavy atom. The maximum Gasteiger partial charge on any atom is 0.337 e. The number of carbonyl (C=O) groups excluding carboxylic acids is 3. The second-order valence-electron chi connectivity index (χ2n) is 11.8. The monoisotopic (exact) mass is 738 g/mol. The molecule has 54 heavy (non-hydrogen) atoms. The molecule has 2 amide bonds.